The van der Waals surface area contributed by atoms with E-state index in [1.807, 2.05) is 30.3 Å². The highest BCUT2D eigenvalue weighted by atomic mass is 35.5. The summed E-state index contributed by atoms with van der Waals surface area (Å²) in [6.45, 7) is 3.75. The van der Waals surface area contributed by atoms with Crippen molar-refractivity contribution in [2.45, 2.75) is 12.8 Å². The molecule has 0 aliphatic carbocycles. The van der Waals surface area contributed by atoms with Crippen molar-refractivity contribution in [3.63, 3.8) is 0 Å². The third-order valence-corrected chi connectivity index (χ3v) is 4.32. The van der Waals surface area contributed by atoms with Crippen molar-refractivity contribution >= 4 is 11.6 Å². The van der Waals surface area contributed by atoms with Gasteiger partial charge in [-0.1, -0.05) is 65.9 Å². The lowest BCUT2D eigenvalue weighted by Gasteiger charge is -2.04. The summed E-state index contributed by atoms with van der Waals surface area (Å²) < 4.78 is 13.8. The van der Waals surface area contributed by atoms with Crippen LogP contribution in [0.2, 0.25) is 5.02 Å². The summed E-state index contributed by atoms with van der Waals surface area (Å²) in [5.41, 5.74) is 4.78. The van der Waals surface area contributed by atoms with Gasteiger partial charge in [0.25, 0.3) is 0 Å². The van der Waals surface area contributed by atoms with E-state index in [2.05, 4.69) is 42.7 Å². The van der Waals surface area contributed by atoms with Crippen LogP contribution in [-0.2, 0) is 6.42 Å². The third kappa shape index (κ3) is 4.63. The number of hydrogen-bond donors (Lipinski definition) is 0. The Labute approximate surface area is 159 Å². The minimum Gasteiger partial charge on any atom is -0.206 e. The SMILES string of the molecule is C=CCCc1ccc(-c2ccc(C#Cc3ccc(Cl)cc3F)cc2)cc1. The fourth-order valence-corrected chi connectivity index (χ4v) is 2.77. The first-order valence-corrected chi connectivity index (χ1v) is 8.81. The van der Waals surface area contributed by atoms with Gasteiger partial charge >= 0.3 is 0 Å². The van der Waals surface area contributed by atoms with Crippen LogP contribution in [0.4, 0.5) is 4.39 Å². The van der Waals surface area contributed by atoms with Gasteiger partial charge in [0.1, 0.15) is 5.82 Å². The summed E-state index contributed by atoms with van der Waals surface area (Å²) >= 11 is 5.75. The fraction of sp³-hybridized carbons (Fsp3) is 0.0833. The molecule has 0 radical (unpaired) electrons. The standard InChI is InChI=1S/C24H18ClF/c1-2-3-4-18-5-10-20(11-6-18)21-12-7-19(8-13-21)9-14-22-15-16-23(25)17-24(22)26/h2,5-8,10-13,15-17H,1,3-4H2. The number of hydrogen-bond acceptors (Lipinski definition) is 0. The lowest BCUT2D eigenvalue weighted by atomic mass is 10.0. The minimum atomic E-state index is -0.404. The molecule has 0 unspecified atom stereocenters. The molecule has 0 amide bonds. The van der Waals surface area contributed by atoms with Gasteiger partial charge < -0.3 is 0 Å². The zero-order valence-electron chi connectivity index (χ0n) is 14.3. The molecule has 0 nitrogen and oxygen atoms in total. The van der Waals surface area contributed by atoms with Gasteiger partial charge in [0.2, 0.25) is 0 Å². The van der Waals surface area contributed by atoms with Crippen LogP contribution in [0.25, 0.3) is 11.1 Å². The van der Waals surface area contributed by atoms with Crippen LogP contribution in [0.3, 0.4) is 0 Å². The summed E-state index contributed by atoms with van der Waals surface area (Å²) in [5, 5.41) is 0.368. The van der Waals surface area contributed by atoms with Gasteiger partial charge in [-0.3, -0.25) is 0 Å². The highest BCUT2D eigenvalue weighted by Crippen LogP contribution is 2.21. The van der Waals surface area contributed by atoms with Crippen LogP contribution < -0.4 is 0 Å². The number of allylic oxidation sites excluding steroid dienone is 1. The Kier molecular flexibility index (Phi) is 5.89. The normalized spacial score (nSPS) is 10.1. The maximum Gasteiger partial charge on any atom is 0.140 e. The van der Waals surface area contributed by atoms with Crippen LogP contribution in [0, 0.1) is 17.7 Å². The lowest BCUT2D eigenvalue weighted by Crippen LogP contribution is -1.85. The smallest absolute Gasteiger partial charge is 0.140 e. The summed E-state index contributed by atoms with van der Waals surface area (Å²) in [4.78, 5) is 0. The molecule has 0 N–H and O–H groups in total. The van der Waals surface area contributed by atoms with Crippen LogP contribution in [-0.4, -0.2) is 0 Å². The molecule has 128 valence electrons. The molecule has 3 aromatic carbocycles. The van der Waals surface area contributed by atoms with E-state index in [4.69, 9.17) is 11.6 Å². The highest BCUT2D eigenvalue weighted by molar-refractivity contribution is 6.30. The predicted octanol–water partition coefficient (Wildman–Crippen LogP) is 6.66. The molecule has 0 atom stereocenters. The van der Waals surface area contributed by atoms with Crippen molar-refractivity contribution in [1.82, 2.24) is 0 Å². The quantitative estimate of drug-likeness (QED) is 0.360. The van der Waals surface area contributed by atoms with Crippen LogP contribution >= 0.6 is 11.6 Å². The van der Waals surface area contributed by atoms with Crippen molar-refractivity contribution in [3.8, 4) is 23.0 Å². The second-order valence-corrected chi connectivity index (χ2v) is 6.41. The van der Waals surface area contributed by atoms with E-state index in [0.29, 0.717) is 10.6 Å². The van der Waals surface area contributed by atoms with E-state index in [9.17, 15) is 4.39 Å². The molecule has 3 rings (SSSR count). The van der Waals surface area contributed by atoms with Crippen LogP contribution in [0.15, 0.2) is 79.4 Å². The number of aryl methyl sites for hydroxylation is 1. The molecule has 0 bridgehead atoms. The molecule has 0 saturated carbocycles. The maximum absolute atomic E-state index is 13.8. The Balaban J connectivity index is 1.74. The first kappa shape index (κ1) is 18.0. The maximum atomic E-state index is 13.8. The topological polar surface area (TPSA) is 0 Å². The summed E-state index contributed by atoms with van der Waals surface area (Å²) in [6.07, 6.45) is 3.93. The van der Waals surface area contributed by atoms with E-state index in [1.165, 1.54) is 11.6 Å². The molecule has 2 heteroatoms. The molecule has 26 heavy (non-hydrogen) atoms. The Morgan fingerprint density at radius 3 is 2.15 bits per heavy atom. The van der Waals surface area contributed by atoms with Crippen molar-refractivity contribution in [2.24, 2.45) is 0 Å². The first-order chi connectivity index (χ1) is 12.7. The Bertz CT molecular complexity index is 958. The Morgan fingerprint density at radius 2 is 1.54 bits per heavy atom. The van der Waals surface area contributed by atoms with E-state index in [0.717, 1.165) is 29.5 Å². The summed E-state index contributed by atoms with van der Waals surface area (Å²) in [6, 6.07) is 21.0. The Hall–Kier alpha value is -2.82. The van der Waals surface area contributed by atoms with Crippen LogP contribution in [0.1, 0.15) is 23.1 Å². The third-order valence-electron chi connectivity index (χ3n) is 4.08. The van der Waals surface area contributed by atoms with Gasteiger partial charge in [0.05, 0.1) is 5.56 Å². The average Bonchev–Trinajstić information content (AvgIpc) is 2.66. The molecule has 0 aliphatic rings. The zero-order chi connectivity index (χ0) is 18.4. The molecule has 0 spiro atoms. The zero-order valence-corrected chi connectivity index (χ0v) is 15.1. The van der Waals surface area contributed by atoms with Crippen molar-refractivity contribution in [2.75, 3.05) is 0 Å². The van der Waals surface area contributed by atoms with Gasteiger partial charge in [0, 0.05) is 10.6 Å². The number of rotatable bonds is 4. The molecule has 0 heterocycles. The minimum absolute atomic E-state index is 0.341. The molecule has 0 fully saturated rings. The van der Waals surface area contributed by atoms with Crippen molar-refractivity contribution < 1.29 is 4.39 Å². The van der Waals surface area contributed by atoms with Crippen molar-refractivity contribution in [3.05, 3.63) is 107 Å². The molecule has 0 saturated heterocycles. The molecular weight excluding hydrogens is 343 g/mol. The van der Waals surface area contributed by atoms with Gasteiger partial charge in [-0.25, -0.2) is 4.39 Å². The second-order valence-electron chi connectivity index (χ2n) is 5.98. The van der Waals surface area contributed by atoms with Gasteiger partial charge in [0.15, 0.2) is 0 Å². The predicted molar refractivity (Wildman–Crippen MR) is 108 cm³/mol. The van der Waals surface area contributed by atoms with E-state index < -0.39 is 5.82 Å². The number of benzene rings is 3. The van der Waals surface area contributed by atoms with Gasteiger partial charge in [-0.15, -0.1) is 6.58 Å². The molecule has 0 aromatic heterocycles. The summed E-state index contributed by atoms with van der Waals surface area (Å²) in [5.74, 6) is 5.44. The highest BCUT2D eigenvalue weighted by Gasteiger charge is 2.00. The largest absolute Gasteiger partial charge is 0.206 e. The second kappa shape index (κ2) is 8.52. The number of halogens is 2. The summed E-state index contributed by atoms with van der Waals surface area (Å²) in [7, 11) is 0. The molecular formula is C24H18ClF. The van der Waals surface area contributed by atoms with Gasteiger partial charge in [-0.05, 0) is 59.9 Å². The first-order valence-electron chi connectivity index (χ1n) is 8.43. The van der Waals surface area contributed by atoms with E-state index in [1.54, 1.807) is 12.1 Å². The Morgan fingerprint density at radius 1 is 0.885 bits per heavy atom. The van der Waals surface area contributed by atoms with Crippen LogP contribution in [0.5, 0.6) is 0 Å². The fourth-order valence-electron chi connectivity index (χ4n) is 2.61. The van der Waals surface area contributed by atoms with Crippen molar-refractivity contribution in [1.29, 1.82) is 0 Å². The van der Waals surface area contributed by atoms with E-state index in [-0.39, 0.29) is 0 Å². The monoisotopic (exact) mass is 360 g/mol. The molecule has 3 aromatic rings. The average molecular weight is 361 g/mol. The van der Waals surface area contributed by atoms with E-state index >= 15 is 0 Å². The lowest BCUT2D eigenvalue weighted by molar-refractivity contribution is 0.624. The molecule has 0 aliphatic heterocycles. The van der Waals surface area contributed by atoms with Gasteiger partial charge in [-0.2, -0.15) is 0 Å².